The summed E-state index contributed by atoms with van der Waals surface area (Å²) < 4.78 is 4.82. The van der Waals surface area contributed by atoms with Crippen LogP contribution in [0.4, 0.5) is 5.69 Å². The monoisotopic (exact) mass is 260 g/mol. The molecule has 1 heterocycles. The van der Waals surface area contributed by atoms with Gasteiger partial charge in [0.15, 0.2) is 0 Å². The molecule has 0 unspecified atom stereocenters. The highest BCUT2D eigenvalue weighted by atomic mass is 16.6. The molecule has 98 valence electrons. The van der Waals surface area contributed by atoms with E-state index in [1.807, 2.05) is 0 Å². The fraction of sp³-hybridized carbons (Fsp3) is 0.231. The summed E-state index contributed by atoms with van der Waals surface area (Å²) in [6.45, 7) is 1.95. The molecule has 2 aromatic rings. The highest BCUT2D eigenvalue weighted by Crippen LogP contribution is 2.29. The van der Waals surface area contributed by atoms with E-state index in [4.69, 9.17) is 4.74 Å². The molecule has 19 heavy (non-hydrogen) atoms. The molecule has 0 atom stereocenters. The predicted molar refractivity (Wildman–Crippen MR) is 68.7 cm³/mol. The highest BCUT2D eigenvalue weighted by molar-refractivity contribution is 5.92. The van der Waals surface area contributed by atoms with Crippen LogP contribution in [-0.4, -0.2) is 22.5 Å². The maximum Gasteiger partial charge on any atom is 0.310 e. The summed E-state index contributed by atoms with van der Waals surface area (Å²) in [5, 5.41) is 12.4. The Morgan fingerprint density at radius 1 is 1.42 bits per heavy atom. The van der Waals surface area contributed by atoms with Gasteiger partial charge in [-0.3, -0.25) is 19.9 Å². The van der Waals surface area contributed by atoms with Crippen LogP contribution in [0.25, 0.3) is 10.8 Å². The summed E-state index contributed by atoms with van der Waals surface area (Å²) in [5.74, 6) is -0.473. The van der Waals surface area contributed by atoms with E-state index in [2.05, 4.69) is 4.98 Å². The number of ether oxygens (including phenoxy) is 1. The Morgan fingerprint density at radius 2 is 2.21 bits per heavy atom. The van der Waals surface area contributed by atoms with Crippen molar-refractivity contribution in [1.82, 2.24) is 4.98 Å². The lowest BCUT2D eigenvalue weighted by Crippen LogP contribution is -2.09. The van der Waals surface area contributed by atoms with Gasteiger partial charge in [-0.1, -0.05) is 12.1 Å². The molecule has 0 saturated carbocycles. The number of hydrogen-bond donors (Lipinski definition) is 0. The first kappa shape index (κ1) is 12.9. The Kier molecular flexibility index (Phi) is 3.70. The number of nitro groups is 1. The number of pyridine rings is 1. The van der Waals surface area contributed by atoms with Crippen molar-refractivity contribution >= 4 is 22.4 Å². The van der Waals surface area contributed by atoms with E-state index >= 15 is 0 Å². The SMILES string of the molecule is CCOC(=O)Cc1ccc2cnccc2c1[N+](=O)[O-]. The number of benzene rings is 1. The van der Waals surface area contributed by atoms with Crippen LogP contribution in [0, 0.1) is 10.1 Å². The van der Waals surface area contributed by atoms with Gasteiger partial charge in [0.1, 0.15) is 0 Å². The molecule has 0 fully saturated rings. The molecule has 0 spiro atoms. The number of esters is 1. The van der Waals surface area contributed by atoms with Gasteiger partial charge in [0, 0.05) is 23.3 Å². The Labute approximate surface area is 109 Å². The second-order valence-corrected chi connectivity index (χ2v) is 3.91. The third kappa shape index (κ3) is 2.67. The molecule has 0 aliphatic rings. The molecule has 0 saturated heterocycles. The van der Waals surface area contributed by atoms with E-state index < -0.39 is 10.9 Å². The first-order valence-corrected chi connectivity index (χ1v) is 5.79. The molecule has 1 aromatic carbocycles. The molecule has 0 aliphatic carbocycles. The van der Waals surface area contributed by atoms with E-state index in [1.165, 1.54) is 6.20 Å². The summed E-state index contributed by atoms with van der Waals surface area (Å²) in [7, 11) is 0. The number of fused-ring (bicyclic) bond motifs is 1. The molecular weight excluding hydrogens is 248 g/mol. The van der Waals surface area contributed by atoms with E-state index in [1.54, 1.807) is 31.3 Å². The summed E-state index contributed by atoms with van der Waals surface area (Å²) in [6, 6.07) is 4.85. The molecule has 6 nitrogen and oxygen atoms in total. The quantitative estimate of drug-likeness (QED) is 0.478. The third-order valence-electron chi connectivity index (χ3n) is 2.70. The lowest BCUT2D eigenvalue weighted by atomic mass is 10.0. The van der Waals surface area contributed by atoms with Crippen molar-refractivity contribution < 1.29 is 14.5 Å². The molecule has 2 rings (SSSR count). The standard InChI is InChI=1S/C13H12N2O4/c1-2-19-12(16)7-9-3-4-10-8-14-6-5-11(10)13(9)15(17)18/h3-6,8H,2,7H2,1H3. The normalized spacial score (nSPS) is 10.4. The minimum Gasteiger partial charge on any atom is -0.466 e. The van der Waals surface area contributed by atoms with Crippen LogP contribution >= 0.6 is 0 Å². The Balaban J connectivity index is 2.52. The lowest BCUT2D eigenvalue weighted by Gasteiger charge is -2.06. The van der Waals surface area contributed by atoms with E-state index in [-0.39, 0.29) is 18.7 Å². The molecule has 0 bridgehead atoms. The molecular formula is C13H12N2O4. The average molecular weight is 260 g/mol. The van der Waals surface area contributed by atoms with Crippen molar-refractivity contribution in [3.05, 3.63) is 46.3 Å². The van der Waals surface area contributed by atoms with Gasteiger partial charge in [-0.05, 0) is 13.0 Å². The van der Waals surface area contributed by atoms with Crippen LogP contribution in [0.5, 0.6) is 0 Å². The van der Waals surface area contributed by atoms with Gasteiger partial charge in [0.2, 0.25) is 0 Å². The molecule has 0 amide bonds. The van der Waals surface area contributed by atoms with Crippen molar-refractivity contribution in [2.45, 2.75) is 13.3 Å². The van der Waals surface area contributed by atoms with Gasteiger partial charge in [-0.25, -0.2) is 0 Å². The minimum atomic E-state index is -0.475. The highest BCUT2D eigenvalue weighted by Gasteiger charge is 2.20. The maximum absolute atomic E-state index is 11.5. The average Bonchev–Trinajstić information content (AvgIpc) is 2.38. The smallest absolute Gasteiger partial charge is 0.310 e. The summed E-state index contributed by atoms with van der Waals surface area (Å²) in [6.07, 6.45) is 2.93. The number of nitro benzene ring substituents is 1. The first-order valence-electron chi connectivity index (χ1n) is 5.79. The van der Waals surface area contributed by atoms with Crippen molar-refractivity contribution in [3.8, 4) is 0 Å². The molecule has 0 aliphatic heterocycles. The third-order valence-corrected chi connectivity index (χ3v) is 2.70. The Hall–Kier alpha value is -2.50. The van der Waals surface area contributed by atoms with Gasteiger partial charge >= 0.3 is 5.97 Å². The number of carbonyl (C=O) groups is 1. The number of rotatable bonds is 4. The maximum atomic E-state index is 11.5. The second-order valence-electron chi connectivity index (χ2n) is 3.91. The summed E-state index contributed by atoms with van der Waals surface area (Å²) in [4.78, 5) is 26.1. The van der Waals surface area contributed by atoms with Crippen molar-refractivity contribution in [2.75, 3.05) is 6.61 Å². The topological polar surface area (TPSA) is 82.3 Å². The van der Waals surface area contributed by atoms with Crippen molar-refractivity contribution in [3.63, 3.8) is 0 Å². The summed E-state index contributed by atoms with van der Waals surface area (Å²) in [5.41, 5.74) is 0.287. The molecule has 0 N–H and O–H groups in total. The zero-order chi connectivity index (χ0) is 13.8. The Morgan fingerprint density at radius 3 is 2.89 bits per heavy atom. The predicted octanol–water partition coefficient (Wildman–Crippen LogP) is 2.25. The van der Waals surface area contributed by atoms with Gasteiger partial charge in [-0.2, -0.15) is 0 Å². The van der Waals surface area contributed by atoms with E-state index in [9.17, 15) is 14.9 Å². The number of carbonyl (C=O) groups excluding carboxylic acids is 1. The van der Waals surface area contributed by atoms with Gasteiger partial charge in [-0.15, -0.1) is 0 Å². The van der Waals surface area contributed by atoms with Gasteiger partial charge < -0.3 is 4.74 Å². The fourth-order valence-electron chi connectivity index (χ4n) is 1.92. The molecule has 1 aromatic heterocycles. The first-order chi connectivity index (χ1) is 9.13. The zero-order valence-electron chi connectivity index (χ0n) is 10.3. The second kappa shape index (κ2) is 5.43. The van der Waals surface area contributed by atoms with Crippen LogP contribution < -0.4 is 0 Å². The van der Waals surface area contributed by atoms with Crippen LogP contribution in [0.3, 0.4) is 0 Å². The van der Waals surface area contributed by atoms with Crippen LogP contribution in [0.15, 0.2) is 30.6 Å². The largest absolute Gasteiger partial charge is 0.466 e. The van der Waals surface area contributed by atoms with Crippen molar-refractivity contribution in [2.24, 2.45) is 0 Å². The molecule has 0 radical (unpaired) electrons. The van der Waals surface area contributed by atoms with Gasteiger partial charge in [0.05, 0.1) is 23.3 Å². The minimum absolute atomic E-state index is 0.0621. The molecule has 6 heteroatoms. The van der Waals surface area contributed by atoms with Crippen LogP contribution in [-0.2, 0) is 16.0 Å². The Bertz CT molecular complexity index is 640. The number of hydrogen-bond acceptors (Lipinski definition) is 5. The fourth-order valence-corrected chi connectivity index (χ4v) is 1.92. The number of nitrogens with zero attached hydrogens (tertiary/aromatic N) is 2. The zero-order valence-corrected chi connectivity index (χ0v) is 10.3. The van der Waals surface area contributed by atoms with Crippen molar-refractivity contribution in [1.29, 1.82) is 0 Å². The van der Waals surface area contributed by atoms with Crippen LogP contribution in [0.2, 0.25) is 0 Å². The van der Waals surface area contributed by atoms with E-state index in [0.717, 1.165) is 0 Å². The van der Waals surface area contributed by atoms with E-state index in [0.29, 0.717) is 16.3 Å². The van der Waals surface area contributed by atoms with Gasteiger partial charge in [0.25, 0.3) is 5.69 Å². The number of aromatic nitrogens is 1. The lowest BCUT2D eigenvalue weighted by molar-refractivity contribution is -0.383. The summed E-state index contributed by atoms with van der Waals surface area (Å²) >= 11 is 0. The van der Waals surface area contributed by atoms with Crippen LogP contribution in [0.1, 0.15) is 12.5 Å².